The molecular formula is C22H23NO4S. The lowest BCUT2D eigenvalue weighted by Gasteiger charge is -2.13. The molecule has 0 bridgehead atoms. The van der Waals surface area contributed by atoms with E-state index in [1.165, 1.54) is 18.4 Å². The molecule has 0 fully saturated rings. The third kappa shape index (κ3) is 5.12. The molecule has 3 aromatic rings. The second-order valence-electron chi connectivity index (χ2n) is 6.37. The number of thiophene rings is 1. The lowest BCUT2D eigenvalue weighted by atomic mass is 10.2. The first-order chi connectivity index (χ1) is 13.6. The molecule has 0 saturated carbocycles. The summed E-state index contributed by atoms with van der Waals surface area (Å²) in [4.78, 5) is 14.0. The summed E-state index contributed by atoms with van der Waals surface area (Å²) in [5.41, 5.74) is 2.11. The zero-order valence-electron chi connectivity index (χ0n) is 15.8. The van der Waals surface area contributed by atoms with Crippen LogP contribution in [0.2, 0.25) is 0 Å². The van der Waals surface area contributed by atoms with Crippen LogP contribution in [-0.2, 0) is 0 Å². The van der Waals surface area contributed by atoms with E-state index >= 15 is 0 Å². The highest BCUT2D eigenvalue weighted by Gasteiger charge is 2.19. The third-order valence-electron chi connectivity index (χ3n) is 4.11. The third-order valence-corrected chi connectivity index (χ3v) is 5.28. The number of carbonyl (C=O) groups is 1. The molecule has 0 aliphatic rings. The van der Waals surface area contributed by atoms with E-state index in [0.29, 0.717) is 16.4 Å². The van der Waals surface area contributed by atoms with Gasteiger partial charge in [-0.3, -0.25) is 4.79 Å². The van der Waals surface area contributed by atoms with Crippen molar-refractivity contribution in [2.24, 2.45) is 0 Å². The van der Waals surface area contributed by atoms with Gasteiger partial charge in [0.2, 0.25) is 0 Å². The predicted molar refractivity (Wildman–Crippen MR) is 111 cm³/mol. The minimum atomic E-state index is -0.816. The van der Waals surface area contributed by atoms with E-state index in [1.807, 2.05) is 67.6 Å². The van der Waals surface area contributed by atoms with Crippen LogP contribution >= 0.6 is 11.3 Å². The number of ether oxygens (including phenoxy) is 2. The molecule has 1 aromatic heterocycles. The molecule has 6 heteroatoms. The van der Waals surface area contributed by atoms with E-state index in [9.17, 15) is 9.90 Å². The number of benzene rings is 2. The van der Waals surface area contributed by atoms with E-state index in [4.69, 9.17) is 9.47 Å². The van der Waals surface area contributed by atoms with Crippen molar-refractivity contribution in [1.82, 2.24) is 5.32 Å². The Labute approximate surface area is 168 Å². The van der Waals surface area contributed by atoms with Crippen LogP contribution in [0, 0.1) is 6.92 Å². The number of amides is 1. The van der Waals surface area contributed by atoms with Gasteiger partial charge in [0.1, 0.15) is 29.1 Å². The van der Waals surface area contributed by atoms with Crippen LogP contribution in [0.1, 0.15) is 15.2 Å². The Morgan fingerprint density at radius 2 is 1.93 bits per heavy atom. The van der Waals surface area contributed by atoms with E-state index in [2.05, 4.69) is 5.32 Å². The molecule has 1 atom stereocenters. The molecule has 5 nitrogen and oxygen atoms in total. The van der Waals surface area contributed by atoms with Crippen molar-refractivity contribution >= 4 is 17.2 Å². The van der Waals surface area contributed by atoms with E-state index in [0.717, 1.165) is 16.0 Å². The van der Waals surface area contributed by atoms with Gasteiger partial charge in [-0.25, -0.2) is 0 Å². The molecule has 1 unspecified atom stereocenters. The van der Waals surface area contributed by atoms with Crippen molar-refractivity contribution in [3.05, 3.63) is 71.1 Å². The number of hydrogen-bond donors (Lipinski definition) is 2. The average molecular weight is 397 g/mol. The van der Waals surface area contributed by atoms with E-state index < -0.39 is 6.10 Å². The summed E-state index contributed by atoms with van der Waals surface area (Å²) >= 11 is 1.36. The normalized spacial score (nSPS) is 11.7. The highest BCUT2D eigenvalue weighted by molar-refractivity contribution is 7.17. The summed E-state index contributed by atoms with van der Waals surface area (Å²) in [6, 6.07) is 19.3. The average Bonchev–Trinajstić information content (AvgIpc) is 3.16. The summed E-state index contributed by atoms with van der Waals surface area (Å²) in [5.74, 6) is 0.934. The Morgan fingerprint density at radius 3 is 2.64 bits per heavy atom. The van der Waals surface area contributed by atoms with Crippen molar-refractivity contribution in [3.8, 4) is 21.9 Å². The SMILES string of the molecule is COc1cc(-c2ccccc2)sc1C(=O)NCC(O)COc1cccc(C)c1. The van der Waals surface area contributed by atoms with Crippen LogP contribution < -0.4 is 14.8 Å². The van der Waals surface area contributed by atoms with Gasteiger partial charge in [0.15, 0.2) is 0 Å². The molecule has 28 heavy (non-hydrogen) atoms. The molecule has 0 spiro atoms. The highest BCUT2D eigenvalue weighted by atomic mass is 32.1. The molecule has 0 radical (unpaired) electrons. The summed E-state index contributed by atoms with van der Waals surface area (Å²) in [6.07, 6.45) is -0.816. The van der Waals surface area contributed by atoms with Crippen molar-refractivity contribution in [2.75, 3.05) is 20.3 Å². The molecule has 146 valence electrons. The second kappa shape index (κ2) is 9.39. The zero-order chi connectivity index (χ0) is 19.9. The lowest BCUT2D eigenvalue weighted by Crippen LogP contribution is -2.35. The van der Waals surface area contributed by atoms with Gasteiger partial charge in [-0.2, -0.15) is 0 Å². The summed E-state index contributed by atoms with van der Waals surface area (Å²) in [5, 5.41) is 12.9. The van der Waals surface area contributed by atoms with Gasteiger partial charge >= 0.3 is 0 Å². The molecule has 0 aliphatic carbocycles. The first kappa shape index (κ1) is 19.9. The maximum atomic E-state index is 12.6. The van der Waals surface area contributed by atoms with Crippen LogP contribution in [0.3, 0.4) is 0 Å². The summed E-state index contributed by atoms with van der Waals surface area (Å²) < 4.78 is 10.9. The molecule has 0 saturated heterocycles. The molecule has 1 amide bonds. The van der Waals surface area contributed by atoms with Gasteiger partial charge < -0.3 is 19.9 Å². The van der Waals surface area contributed by atoms with Crippen LogP contribution in [-0.4, -0.2) is 37.4 Å². The number of aliphatic hydroxyl groups excluding tert-OH is 1. The maximum Gasteiger partial charge on any atom is 0.265 e. The smallest absolute Gasteiger partial charge is 0.265 e. The Hall–Kier alpha value is -2.83. The molecule has 1 heterocycles. The van der Waals surface area contributed by atoms with Crippen LogP contribution in [0.25, 0.3) is 10.4 Å². The van der Waals surface area contributed by atoms with E-state index in [-0.39, 0.29) is 19.1 Å². The fraction of sp³-hybridized carbons (Fsp3) is 0.227. The predicted octanol–water partition coefficient (Wildman–Crippen LogP) is 3.90. The van der Waals surface area contributed by atoms with Crippen LogP contribution in [0.5, 0.6) is 11.5 Å². The second-order valence-corrected chi connectivity index (χ2v) is 7.42. The van der Waals surface area contributed by atoms with Crippen molar-refractivity contribution in [3.63, 3.8) is 0 Å². The first-order valence-electron chi connectivity index (χ1n) is 8.96. The molecule has 0 aliphatic heterocycles. The Morgan fingerprint density at radius 1 is 1.14 bits per heavy atom. The van der Waals surface area contributed by atoms with Crippen molar-refractivity contribution in [1.29, 1.82) is 0 Å². The zero-order valence-corrected chi connectivity index (χ0v) is 16.7. The molecule has 2 aromatic carbocycles. The first-order valence-corrected chi connectivity index (χ1v) is 9.77. The number of aryl methyl sites for hydroxylation is 1. The Balaban J connectivity index is 1.57. The standard InChI is InChI=1S/C22H23NO4S/c1-15-7-6-10-18(11-15)27-14-17(24)13-23-22(25)21-19(26-2)12-20(28-21)16-8-4-3-5-9-16/h3-12,17,24H,13-14H2,1-2H3,(H,23,25). The number of carbonyl (C=O) groups excluding carboxylic acids is 1. The van der Waals surface area contributed by atoms with Gasteiger partial charge in [0.25, 0.3) is 5.91 Å². The number of hydrogen-bond acceptors (Lipinski definition) is 5. The molecule has 3 rings (SSSR count). The Bertz CT molecular complexity index is 923. The summed E-state index contributed by atoms with van der Waals surface area (Å²) in [6.45, 7) is 2.16. The molecular weight excluding hydrogens is 374 g/mol. The number of aliphatic hydroxyl groups is 1. The van der Waals surface area contributed by atoms with Gasteiger partial charge in [-0.1, -0.05) is 42.5 Å². The molecule has 2 N–H and O–H groups in total. The van der Waals surface area contributed by atoms with Crippen molar-refractivity contribution < 1.29 is 19.4 Å². The fourth-order valence-corrected chi connectivity index (χ4v) is 3.72. The fourth-order valence-electron chi connectivity index (χ4n) is 2.68. The Kier molecular flexibility index (Phi) is 6.68. The summed E-state index contributed by atoms with van der Waals surface area (Å²) in [7, 11) is 1.54. The van der Waals surface area contributed by atoms with Crippen LogP contribution in [0.4, 0.5) is 0 Å². The van der Waals surface area contributed by atoms with Gasteiger partial charge in [-0.15, -0.1) is 11.3 Å². The van der Waals surface area contributed by atoms with Gasteiger partial charge in [0.05, 0.1) is 7.11 Å². The minimum absolute atomic E-state index is 0.0897. The monoisotopic (exact) mass is 397 g/mol. The number of rotatable bonds is 8. The van der Waals surface area contributed by atoms with E-state index in [1.54, 1.807) is 0 Å². The topological polar surface area (TPSA) is 67.8 Å². The largest absolute Gasteiger partial charge is 0.495 e. The number of methoxy groups -OCH3 is 1. The lowest BCUT2D eigenvalue weighted by molar-refractivity contribution is 0.0845. The van der Waals surface area contributed by atoms with Crippen LogP contribution in [0.15, 0.2) is 60.7 Å². The van der Waals surface area contributed by atoms with Gasteiger partial charge in [-0.05, 0) is 36.2 Å². The number of nitrogens with one attached hydrogen (secondary N) is 1. The maximum absolute atomic E-state index is 12.6. The highest BCUT2D eigenvalue weighted by Crippen LogP contribution is 2.36. The van der Waals surface area contributed by atoms with Crippen molar-refractivity contribution in [2.45, 2.75) is 13.0 Å². The van der Waals surface area contributed by atoms with Gasteiger partial charge in [0, 0.05) is 11.4 Å². The quantitative estimate of drug-likeness (QED) is 0.605. The minimum Gasteiger partial charge on any atom is -0.495 e.